The van der Waals surface area contributed by atoms with Crippen LogP contribution in [-0.2, 0) is 4.79 Å². The molecule has 0 aliphatic carbocycles. The highest BCUT2D eigenvalue weighted by molar-refractivity contribution is 14.0. The first-order valence-electron chi connectivity index (χ1n) is 8.33. The molecule has 0 fully saturated rings. The van der Waals surface area contributed by atoms with E-state index in [4.69, 9.17) is 4.74 Å². The SMILES string of the molecule is CN=C(NCCNC(=O)C(C)(C)C)N(C)CCOc1ccccc1F.I. The summed E-state index contributed by atoms with van der Waals surface area (Å²) in [6.07, 6.45) is 0. The molecule has 0 aliphatic rings. The monoisotopic (exact) mass is 480 g/mol. The second-order valence-electron chi connectivity index (χ2n) is 6.68. The van der Waals surface area contributed by atoms with Gasteiger partial charge in [0, 0.05) is 32.6 Å². The quantitative estimate of drug-likeness (QED) is 0.273. The summed E-state index contributed by atoms with van der Waals surface area (Å²) >= 11 is 0. The molecule has 0 atom stereocenters. The Hall–Kier alpha value is -1.58. The van der Waals surface area contributed by atoms with Crippen LogP contribution in [-0.4, -0.2) is 57.1 Å². The number of rotatable bonds is 7. The summed E-state index contributed by atoms with van der Waals surface area (Å²) in [6.45, 7) is 7.57. The van der Waals surface area contributed by atoms with Gasteiger partial charge in [-0.1, -0.05) is 32.9 Å². The fraction of sp³-hybridized carbons (Fsp3) is 0.556. The first kappa shape index (κ1) is 24.4. The first-order chi connectivity index (χ1) is 11.8. The summed E-state index contributed by atoms with van der Waals surface area (Å²) in [4.78, 5) is 17.9. The lowest BCUT2D eigenvalue weighted by molar-refractivity contribution is -0.128. The number of nitrogens with one attached hydrogen (secondary N) is 2. The van der Waals surface area contributed by atoms with Gasteiger partial charge in [-0.25, -0.2) is 4.39 Å². The molecule has 8 heteroatoms. The Morgan fingerprint density at radius 2 is 1.85 bits per heavy atom. The minimum Gasteiger partial charge on any atom is -0.489 e. The van der Waals surface area contributed by atoms with Crippen LogP contribution in [0.2, 0.25) is 0 Å². The molecule has 0 saturated heterocycles. The van der Waals surface area contributed by atoms with E-state index < -0.39 is 5.41 Å². The smallest absolute Gasteiger partial charge is 0.225 e. The minimum atomic E-state index is -0.400. The van der Waals surface area contributed by atoms with Crippen LogP contribution < -0.4 is 15.4 Å². The van der Waals surface area contributed by atoms with E-state index in [2.05, 4.69) is 15.6 Å². The van der Waals surface area contributed by atoms with Crippen LogP contribution in [0.4, 0.5) is 4.39 Å². The Morgan fingerprint density at radius 3 is 2.42 bits per heavy atom. The second kappa shape index (κ2) is 11.9. The van der Waals surface area contributed by atoms with Crippen molar-refractivity contribution >= 4 is 35.8 Å². The minimum absolute atomic E-state index is 0. The number of hydrogen-bond acceptors (Lipinski definition) is 3. The summed E-state index contributed by atoms with van der Waals surface area (Å²) < 4.78 is 18.9. The molecule has 1 rings (SSSR count). The number of carbonyl (C=O) groups is 1. The van der Waals surface area contributed by atoms with E-state index in [-0.39, 0.29) is 41.5 Å². The predicted octanol–water partition coefficient (Wildman–Crippen LogP) is 2.49. The third-order valence-electron chi connectivity index (χ3n) is 3.47. The van der Waals surface area contributed by atoms with Crippen molar-refractivity contribution in [1.29, 1.82) is 0 Å². The Labute approximate surface area is 172 Å². The average molecular weight is 480 g/mol. The predicted molar refractivity (Wildman–Crippen MR) is 114 cm³/mol. The Bertz CT molecular complexity index is 591. The van der Waals surface area contributed by atoms with Gasteiger partial charge in [0.25, 0.3) is 0 Å². The molecule has 0 aliphatic heterocycles. The van der Waals surface area contributed by atoms with Crippen molar-refractivity contribution in [1.82, 2.24) is 15.5 Å². The van der Waals surface area contributed by atoms with Gasteiger partial charge in [0.2, 0.25) is 5.91 Å². The number of hydrogen-bond donors (Lipinski definition) is 2. The average Bonchev–Trinajstić information content (AvgIpc) is 2.55. The first-order valence-corrected chi connectivity index (χ1v) is 8.33. The molecule has 148 valence electrons. The van der Waals surface area contributed by atoms with E-state index >= 15 is 0 Å². The van der Waals surface area contributed by atoms with Gasteiger partial charge in [-0.2, -0.15) is 0 Å². The lowest BCUT2D eigenvalue weighted by Crippen LogP contribution is -2.45. The number of ether oxygens (including phenoxy) is 1. The van der Waals surface area contributed by atoms with Crippen LogP contribution in [0.1, 0.15) is 20.8 Å². The third kappa shape index (κ3) is 8.68. The topological polar surface area (TPSA) is 66.0 Å². The number of aliphatic imine (C=N–C) groups is 1. The largest absolute Gasteiger partial charge is 0.489 e. The fourth-order valence-corrected chi connectivity index (χ4v) is 1.96. The van der Waals surface area contributed by atoms with Crippen LogP contribution >= 0.6 is 24.0 Å². The molecule has 2 N–H and O–H groups in total. The zero-order chi connectivity index (χ0) is 18.9. The fourth-order valence-electron chi connectivity index (χ4n) is 1.96. The van der Waals surface area contributed by atoms with Crippen molar-refractivity contribution in [2.45, 2.75) is 20.8 Å². The van der Waals surface area contributed by atoms with E-state index in [1.54, 1.807) is 25.2 Å². The molecular formula is C18H30FIN4O2. The van der Waals surface area contributed by atoms with Crippen LogP contribution in [0.5, 0.6) is 5.75 Å². The van der Waals surface area contributed by atoms with Crippen molar-refractivity contribution in [2.24, 2.45) is 10.4 Å². The standard InChI is InChI=1S/C18H29FN4O2.HI/c1-18(2,3)16(24)21-10-11-22-17(20-4)23(5)12-13-25-15-9-7-6-8-14(15)19;/h6-9H,10-13H2,1-5H3,(H,20,22)(H,21,24);1H. The number of carbonyl (C=O) groups excluding carboxylic acids is 1. The van der Waals surface area contributed by atoms with Crippen molar-refractivity contribution < 1.29 is 13.9 Å². The maximum absolute atomic E-state index is 13.5. The number of amides is 1. The summed E-state index contributed by atoms with van der Waals surface area (Å²) in [5.74, 6) is 0.559. The normalized spacial score (nSPS) is 11.4. The highest BCUT2D eigenvalue weighted by Gasteiger charge is 2.20. The maximum Gasteiger partial charge on any atom is 0.225 e. The number of likely N-dealkylation sites (N-methyl/N-ethyl adjacent to an activating group) is 1. The molecule has 0 unspecified atom stereocenters. The summed E-state index contributed by atoms with van der Waals surface area (Å²) in [5.41, 5.74) is -0.400. The zero-order valence-electron chi connectivity index (χ0n) is 16.1. The van der Waals surface area contributed by atoms with Gasteiger partial charge >= 0.3 is 0 Å². The van der Waals surface area contributed by atoms with Crippen molar-refractivity contribution in [3.8, 4) is 5.75 Å². The Kier molecular flexibility index (Phi) is 11.2. The van der Waals surface area contributed by atoms with Gasteiger partial charge in [-0.05, 0) is 12.1 Å². The van der Waals surface area contributed by atoms with Crippen molar-refractivity contribution in [2.75, 3.05) is 40.3 Å². The van der Waals surface area contributed by atoms with Gasteiger partial charge in [-0.3, -0.25) is 9.79 Å². The molecule has 0 saturated carbocycles. The number of para-hydroxylation sites is 1. The summed E-state index contributed by atoms with van der Waals surface area (Å²) in [7, 11) is 3.55. The van der Waals surface area contributed by atoms with Crippen LogP contribution in [0, 0.1) is 11.2 Å². The molecule has 26 heavy (non-hydrogen) atoms. The Balaban J connectivity index is 0.00000625. The molecule has 0 heterocycles. The number of nitrogens with zero attached hydrogens (tertiary/aromatic N) is 2. The molecule has 1 aromatic carbocycles. The molecule has 0 spiro atoms. The number of benzene rings is 1. The summed E-state index contributed by atoms with van der Waals surface area (Å²) in [6, 6.07) is 6.32. The van der Waals surface area contributed by atoms with Crippen LogP contribution in [0.3, 0.4) is 0 Å². The van der Waals surface area contributed by atoms with E-state index in [0.29, 0.717) is 32.2 Å². The van der Waals surface area contributed by atoms with Gasteiger partial charge < -0.3 is 20.3 Å². The van der Waals surface area contributed by atoms with E-state index in [1.807, 2.05) is 32.7 Å². The van der Waals surface area contributed by atoms with E-state index in [1.165, 1.54) is 6.07 Å². The van der Waals surface area contributed by atoms with Crippen molar-refractivity contribution in [3.63, 3.8) is 0 Å². The molecular weight excluding hydrogens is 450 g/mol. The molecule has 0 aromatic heterocycles. The van der Waals surface area contributed by atoms with Crippen molar-refractivity contribution in [3.05, 3.63) is 30.1 Å². The number of guanidine groups is 1. The highest BCUT2D eigenvalue weighted by Crippen LogP contribution is 2.15. The highest BCUT2D eigenvalue weighted by atomic mass is 127. The second-order valence-corrected chi connectivity index (χ2v) is 6.68. The van der Waals surface area contributed by atoms with Gasteiger partial charge in [0.05, 0.1) is 6.54 Å². The molecule has 1 aromatic rings. The third-order valence-corrected chi connectivity index (χ3v) is 3.47. The lowest BCUT2D eigenvalue weighted by Gasteiger charge is -2.23. The van der Waals surface area contributed by atoms with Crippen LogP contribution in [0.15, 0.2) is 29.3 Å². The maximum atomic E-state index is 13.5. The van der Waals surface area contributed by atoms with Gasteiger partial charge in [-0.15, -0.1) is 24.0 Å². The zero-order valence-corrected chi connectivity index (χ0v) is 18.5. The lowest BCUT2D eigenvalue weighted by atomic mass is 9.96. The molecule has 0 bridgehead atoms. The molecule has 1 amide bonds. The Morgan fingerprint density at radius 1 is 1.23 bits per heavy atom. The molecule has 6 nitrogen and oxygen atoms in total. The summed E-state index contributed by atoms with van der Waals surface area (Å²) in [5, 5.41) is 6.04. The van der Waals surface area contributed by atoms with E-state index in [0.717, 1.165) is 0 Å². The van der Waals surface area contributed by atoms with E-state index in [9.17, 15) is 9.18 Å². The van der Waals surface area contributed by atoms with Crippen LogP contribution in [0.25, 0.3) is 0 Å². The van der Waals surface area contributed by atoms with Gasteiger partial charge in [0.15, 0.2) is 17.5 Å². The molecule has 0 radical (unpaired) electrons. The number of halogens is 2. The van der Waals surface area contributed by atoms with Gasteiger partial charge in [0.1, 0.15) is 6.61 Å².